The molecule has 0 spiro atoms. The third kappa shape index (κ3) is 6.48. The van der Waals surface area contributed by atoms with E-state index in [0.717, 1.165) is 23.8 Å². The Morgan fingerprint density at radius 3 is 2.51 bits per heavy atom. The number of benzene rings is 2. The van der Waals surface area contributed by atoms with Crippen LogP contribution < -0.4 is 20.4 Å². The van der Waals surface area contributed by atoms with E-state index in [1.807, 2.05) is 0 Å². The summed E-state index contributed by atoms with van der Waals surface area (Å²) in [6.07, 6.45) is 1.68. The van der Waals surface area contributed by atoms with Crippen molar-refractivity contribution < 1.29 is 33.0 Å². The lowest BCUT2D eigenvalue weighted by atomic mass is 10.1. The first-order valence-corrected chi connectivity index (χ1v) is 12.2. The molecule has 0 saturated heterocycles. The predicted molar refractivity (Wildman–Crippen MR) is 135 cm³/mol. The summed E-state index contributed by atoms with van der Waals surface area (Å²) in [5, 5.41) is 3.33. The van der Waals surface area contributed by atoms with Crippen molar-refractivity contribution in [3.8, 4) is 11.5 Å². The molecule has 1 amide bonds. The van der Waals surface area contributed by atoms with Crippen LogP contribution in [0.1, 0.15) is 55.1 Å². The molecule has 0 unspecified atom stereocenters. The van der Waals surface area contributed by atoms with Gasteiger partial charge in [-0.2, -0.15) is 0 Å². The Labute approximate surface area is 217 Å². The highest BCUT2D eigenvalue weighted by Gasteiger charge is 2.21. The quantitative estimate of drug-likeness (QED) is 0.271. The highest BCUT2D eigenvalue weighted by Crippen LogP contribution is 2.30. The Kier molecular flexibility index (Phi) is 7.54. The minimum absolute atomic E-state index is 0.0183. The number of carbonyl (C=O) groups excluding carboxylic acids is 3. The fraction of sp³-hybridized carbons (Fsp3) is 0.333. The van der Waals surface area contributed by atoms with Gasteiger partial charge in [-0.25, -0.2) is 14.4 Å². The maximum absolute atomic E-state index is 12.7. The number of halogens is 1. The van der Waals surface area contributed by atoms with Crippen LogP contribution in [0.4, 0.5) is 4.79 Å². The average Bonchev–Trinajstić information content (AvgIpc) is 3.30. The summed E-state index contributed by atoms with van der Waals surface area (Å²) in [5.74, 6) is -1.05. The molecule has 1 aromatic heterocycles. The molecule has 1 heterocycles. The van der Waals surface area contributed by atoms with Gasteiger partial charge in [-0.1, -0.05) is 11.6 Å². The van der Waals surface area contributed by atoms with Crippen molar-refractivity contribution in [3.63, 3.8) is 0 Å². The molecule has 4 rings (SSSR count). The van der Waals surface area contributed by atoms with Crippen molar-refractivity contribution in [2.24, 2.45) is 0 Å². The average molecular weight is 528 g/mol. The number of nitrogens with one attached hydrogen (secondary N) is 1. The molecule has 0 fully saturated rings. The molecule has 3 aromatic rings. The maximum atomic E-state index is 12.7. The third-order valence-electron chi connectivity index (χ3n) is 5.54. The second-order valence-corrected chi connectivity index (χ2v) is 9.95. The lowest BCUT2D eigenvalue weighted by Gasteiger charge is -2.19. The Morgan fingerprint density at radius 2 is 1.78 bits per heavy atom. The van der Waals surface area contributed by atoms with Gasteiger partial charge >= 0.3 is 23.7 Å². The van der Waals surface area contributed by atoms with Gasteiger partial charge in [0.05, 0.1) is 17.0 Å². The molecule has 1 N–H and O–H groups in total. The predicted octanol–water partition coefficient (Wildman–Crippen LogP) is 4.97. The number of carbonyl (C=O) groups is 3. The molecule has 37 heavy (non-hydrogen) atoms. The first-order chi connectivity index (χ1) is 17.5. The van der Waals surface area contributed by atoms with Crippen LogP contribution >= 0.6 is 11.6 Å². The Balaban J connectivity index is 1.36. The van der Waals surface area contributed by atoms with Crippen LogP contribution in [0.3, 0.4) is 0 Å². The van der Waals surface area contributed by atoms with Gasteiger partial charge in [0, 0.05) is 23.6 Å². The van der Waals surface area contributed by atoms with E-state index in [-0.39, 0.29) is 40.7 Å². The first kappa shape index (κ1) is 26.2. The number of amides is 1. The molecular weight excluding hydrogens is 502 g/mol. The molecule has 1 aliphatic rings. The fourth-order valence-corrected chi connectivity index (χ4v) is 4.18. The summed E-state index contributed by atoms with van der Waals surface area (Å²) in [7, 11) is 0. The number of alkyl carbamates (subject to hydrolysis) is 1. The fourth-order valence-electron chi connectivity index (χ4n) is 3.96. The van der Waals surface area contributed by atoms with E-state index in [2.05, 4.69) is 5.32 Å². The van der Waals surface area contributed by atoms with Crippen molar-refractivity contribution in [2.45, 2.75) is 52.1 Å². The summed E-state index contributed by atoms with van der Waals surface area (Å²) in [6, 6.07) is 9.03. The standard InChI is InChI=1S/C27H26ClNO8/c1-27(2,3)37-26(33)29-12-11-23(30)35-21-10-7-15(13-20(21)28)24(31)34-16-8-9-18-17-5-4-6-19(17)25(32)36-22(18)14-16/h7-10,13-14H,4-6,11-12H2,1-3H3,(H,29,33). The summed E-state index contributed by atoms with van der Waals surface area (Å²) < 4.78 is 21.2. The van der Waals surface area contributed by atoms with E-state index in [1.165, 1.54) is 24.3 Å². The zero-order valence-electron chi connectivity index (χ0n) is 20.6. The van der Waals surface area contributed by atoms with Crippen molar-refractivity contribution in [1.82, 2.24) is 5.32 Å². The van der Waals surface area contributed by atoms with Crippen LogP contribution in [0.25, 0.3) is 11.0 Å². The van der Waals surface area contributed by atoms with Gasteiger partial charge in [0.25, 0.3) is 0 Å². The van der Waals surface area contributed by atoms with Crippen molar-refractivity contribution in [1.29, 1.82) is 0 Å². The Bertz CT molecular complexity index is 1440. The van der Waals surface area contributed by atoms with Crippen LogP contribution in [0.5, 0.6) is 11.5 Å². The number of aryl methyl sites for hydroxylation is 1. The molecule has 0 aliphatic heterocycles. The van der Waals surface area contributed by atoms with Crippen LogP contribution in [0, 0.1) is 0 Å². The van der Waals surface area contributed by atoms with Gasteiger partial charge in [-0.15, -0.1) is 0 Å². The number of fused-ring (bicyclic) bond motifs is 3. The van der Waals surface area contributed by atoms with Crippen molar-refractivity contribution in [3.05, 3.63) is 68.5 Å². The minimum Gasteiger partial charge on any atom is -0.444 e. The van der Waals surface area contributed by atoms with E-state index in [4.69, 9.17) is 30.2 Å². The highest BCUT2D eigenvalue weighted by molar-refractivity contribution is 6.32. The number of ether oxygens (including phenoxy) is 3. The molecule has 2 aromatic carbocycles. The molecule has 9 nitrogen and oxygen atoms in total. The first-order valence-electron chi connectivity index (χ1n) is 11.8. The smallest absolute Gasteiger partial charge is 0.407 e. The lowest BCUT2D eigenvalue weighted by Crippen LogP contribution is -2.34. The second-order valence-electron chi connectivity index (χ2n) is 9.55. The summed E-state index contributed by atoms with van der Waals surface area (Å²) >= 11 is 6.20. The summed E-state index contributed by atoms with van der Waals surface area (Å²) in [6.45, 7) is 5.21. The molecular formula is C27H26ClNO8. The normalized spacial score (nSPS) is 12.6. The summed E-state index contributed by atoms with van der Waals surface area (Å²) in [5.41, 5.74) is 1.18. The van der Waals surface area contributed by atoms with Crippen molar-refractivity contribution in [2.75, 3.05) is 6.54 Å². The van der Waals surface area contributed by atoms with E-state index < -0.39 is 23.6 Å². The molecule has 10 heteroatoms. The minimum atomic E-state index is -0.691. The van der Waals surface area contributed by atoms with Crippen LogP contribution in [-0.2, 0) is 22.4 Å². The van der Waals surface area contributed by atoms with E-state index >= 15 is 0 Å². The third-order valence-corrected chi connectivity index (χ3v) is 5.84. The number of hydrogen-bond donors (Lipinski definition) is 1. The van der Waals surface area contributed by atoms with Crippen LogP contribution in [0.2, 0.25) is 5.02 Å². The van der Waals surface area contributed by atoms with Gasteiger partial charge in [0.1, 0.15) is 22.7 Å². The number of rotatable bonds is 6. The number of hydrogen-bond acceptors (Lipinski definition) is 8. The Morgan fingerprint density at radius 1 is 1.03 bits per heavy atom. The van der Waals surface area contributed by atoms with Crippen molar-refractivity contribution >= 4 is 40.6 Å². The van der Waals surface area contributed by atoms with E-state index in [0.29, 0.717) is 17.6 Å². The van der Waals surface area contributed by atoms with Crippen LogP contribution in [0.15, 0.2) is 45.6 Å². The largest absolute Gasteiger partial charge is 0.444 e. The van der Waals surface area contributed by atoms with E-state index in [9.17, 15) is 19.2 Å². The molecule has 0 radical (unpaired) electrons. The molecule has 1 aliphatic carbocycles. The Hall–Kier alpha value is -3.85. The number of esters is 2. The van der Waals surface area contributed by atoms with Gasteiger partial charge in [0.2, 0.25) is 0 Å². The van der Waals surface area contributed by atoms with Gasteiger partial charge in [-0.3, -0.25) is 4.79 Å². The monoisotopic (exact) mass is 527 g/mol. The van der Waals surface area contributed by atoms with Crippen LogP contribution in [-0.4, -0.2) is 30.2 Å². The van der Waals surface area contributed by atoms with Gasteiger partial charge in [0.15, 0.2) is 0 Å². The zero-order valence-corrected chi connectivity index (χ0v) is 21.4. The molecule has 0 bridgehead atoms. The van der Waals surface area contributed by atoms with Gasteiger partial charge < -0.3 is 23.9 Å². The summed E-state index contributed by atoms with van der Waals surface area (Å²) in [4.78, 5) is 48.6. The zero-order chi connectivity index (χ0) is 26.7. The van der Waals surface area contributed by atoms with E-state index in [1.54, 1.807) is 32.9 Å². The lowest BCUT2D eigenvalue weighted by molar-refractivity contribution is -0.134. The second kappa shape index (κ2) is 10.6. The molecule has 0 atom stereocenters. The highest BCUT2D eigenvalue weighted by atomic mass is 35.5. The topological polar surface area (TPSA) is 121 Å². The van der Waals surface area contributed by atoms with Gasteiger partial charge in [-0.05, 0) is 75.9 Å². The maximum Gasteiger partial charge on any atom is 0.407 e. The SMILES string of the molecule is CC(C)(C)OC(=O)NCCC(=O)Oc1ccc(C(=O)Oc2ccc3c4c(c(=O)oc3c2)CCC4)cc1Cl. The molecule has 0 saturated carbocycles. The molecule has 194 valence electrons.